The summed E-state index contributed by atoms with van der Waals surface area (Å²) in [6, 6.07) is 63.6. The quantitative estimate of drug-likeness (QED) is 0.159. The van der Waals surface area contributed by atoms with Gasteiger partial charge in [-0.3, -0.25) is 0 Å². The van der Waals surface area contributed by atoms with Crippen molar-refractivity contribution in [2.75, 3.05) is 0 Å². The summed E-state index contributed by atoms with van der Waals surface area (Å²) in [6.07, 6.45) is 0. The largest absolute Gasteiger partial charge is 0.455 e. The normalized spacial score (nSPS) is 13.2. The van der Waals surface area contributed by atoms with Crippen LogP contribution >= 0.6 is 0 Å². The summed E-state index contributed by atoms with van der Waals surface area (Å²) in [5.41, 5.74) is 11.4. The Hall–Kier alpha value is -9.91. The summed E-state index contributed by atoms with van der Waals surface area (Å²) in [4.78, 5) is 15.7. The van der Waals surface area contributed by atoms with Gasteiger partial charge in [0.1, 0.15) is 22.3 Å². The Morgan fingerprint density at radius 3 is 1.64 bits per heavy atom. The highest BCUT2D eigenvalue weighted by Gasteiger charge is 2.21. The third-order valence-corrected chi connectivity index (χ3v) is 14.0. The Morgan fingerprint density at radius 2 is 0.849 bits per heavy atom. The van der Waals surface area contributed by atoms with E-state index in [2.05, 4.69) is 78.9 Å². The first-order valence-electron chi connectivity index (χ1n) is 27.5. The number of rotatable bonds is 7. The van der Waals surface area contributed by atoms with Crippen LogP contribution in [0.2, 0.25) is 0 Å². The molecule has 0 aliphatic rings. The molecule has 0 aliphatic carbocycles. The summed E-state index contributed by atoms with van der Waals surface area (Å²) in [5, 5.41) is 6.39. The van der Waals surface area contributed by atoms with Crippen molar-refractivity contribution < 1.29 is 18.4 Å². The maximum absolute atomic E-state index is 9.28. The Labute approximate surface area is 428 Å². The zero-order chi connectivity index (χ0) is 54.1. The monoisotopic (exact) mass is 939 g/mol. The van der Waals surface area contributed by atoms with Gasteiger partial charge in [-0.1, -0.05) is 188 Å². The second-order valence-corrected chi connectivity index (χ2v) is 18.1. The lowest BCUT2D eigenvalue weighted by Gasteiger charge is -2.15. The van der Waals surface area contributed by atoms with Crippen molar-refractivity contribution in [3.05, 3.63) is 242 Å². The van der Waals surface area contributed by atoms with E-state index in [1.165, 1.54) is 6.07 Å². The van der Waals surface area contributed by atoms with Crippen molar-refractivity contribution in [1.82, 2.24) is 19.5 Å². The van der Waals surface area contributed by atoms with Crippen molar-refractivity contribution in [3.63, 3.8) is 0 Å². The number of benzene rings is 11. The molecule has 0 saturated heterocycles. The van der Waals surface area contributed by atoms with Gasteiger partial charge in [0.05, 0.1) is 26.3 Å². The molecule has 73 heavy (non-hydrogen) atoms. The van der Waals surface area contributed by atoms with E-state index >= 15 is 0 Å². The van der Waals surface area contributed by atoms with Gasteiger partial charge in [0, 0.05) is 60.1 Å². The highest BCUT2D eigenvalue weighted by molar-refractivity contribution is 6.14. The second kappa shape index (κ2) is 16.3. The second-order valence-electron chi connectivity index (χ2n) is 18.1. The number of hydrogen-bond donors (Lipinski definition) is 0. The average molecular weight is 940 g/mol. The van der Waals surface area contributed by atoms with Crippen LogP contribution in [0.5, 0.6) is 0 Å². The fourth-order valence-electron chi connectivity index (χ4n) is 10.6. The van der Waals surface area contributed by atoms with E-state index < -0.39 is 12.1 Å². The molecular formula is C67H40N4O2. The zero-order valence-electron chi connectivity index (χ0n) is 45.7. The molecular weight excluding hydrogens is 893 g/mol. The summed E-state index contributed by atoms with van der Waals surface area (Å²) in [6.45, 7) is 0. The van der Waals surface area contributed by atoms with Crippen LogP contribution in [0.25, 0.3) is 150 Å². The van der Waals surface area contributed by atoms with Crippen molar-refractivity contribution in [2.45, 2.75) is 0 Å². The minimum Gasteiger partial charge on any atom is -0.455 e. The summed E-state index contributed by atoms with van der Waals surface area (Å²) >= 11 is 0. The van der Waals surface area contributed by atoms with E-state index in [4.69, 9.17) is 30.6 Å². The minimum atomic E-state index is -0.477. The number of para-hydroxylation sites is 6. The van der Waals surface area contributed by atoms with E-state index in [9.17, 15) is 2.74 Å². The molecule has 0 amide bonds. The zero-order valence-corrected chi connectivity index (χ0v) is 38.7. The third kappa shape index (κ3) is 6.62. The number of furan rings is 2. The van der Waals surface area contributed by atoms with E-state index in [1.807, 2.05) is 103 Å². The first-order chi connectivity index (χ1) is 39.1. The highest BCUT2D eigenvalue weighted by Crippen LogP contribution is 2.42. The van der Waals surface area contributed by atoms with Crippen molar-refractivity contribution in [3.8, 4) is 73.2 Å². The molecule has 6 nitrogen and oxygen atoms in total. The predicted octanol–water partition coefficient (Wildman–Crippen LogP) is 17.9. The molecule has 0 aliphatic heterocycles. The van der Waals surface area contributed by atoms with E-state index in [1.54, 1.807) is 16.7 Å². The maximum Gasteiger partial charge on any atom is 0.166 e. The van der Waals surface area contributed by atoms with Crippen LogP contribution in [0.3, 0.4) is 0 Å². The number of nitrogens with zero attached hydrogens (tertiary/aromatic N) is 4. The molecule has 0 fully saturated rings. The van der Waals surface area contributed by atoms with Gasteiger partial charge >= 0.3 is 0 Å². The average Bonchev–Trinajstić information content (AvgIpc) is 4.36. The molecule has 0 unspecified atom stereocenters. The molecule has 15 rings (SSSR count). The molecule has 11 aromatic carbocycles. The first-order valence-corrected chi connectivity index (χ1v) is 24.0. The van der Waals surface area contributed by atoms with Gasteiger partial charge in [-0.2, -0.15) is 0 Å². The van der Waals surface area contributed by atoms with Crippen LogP contribution in [0.1, 0.15) is 9.60 Å². The van der Waals surface area contributed by atoms with E-state index in [0.29, 0.717) is 28.5 Å². The molecule has 0 spiro atoms. The van der Waals surface area contributed by atoms with Gasteiger partial charge in [0.2, 0.25) is 0 Å². The van der Waals surface area contributed by atoms with Gasteiger partial charge in [-0.15, -0.1) is 0 Å². The van der Waals surface area contributed by atoms with E-state index in [-0.39, 0.29) is 57.8 Å². The molecule has 0 bridgehead atoms. The van der Waals surface area contributed by atoms with Gasteiger partial charge in [-0.05, 0) is 87.6 Å². The minimum absolute atomic E-state index is 0.0488. The van der Waals surface area contributed by atoms with Crippen LogP contribution in [0.15, 0.2) is 251 Å². The van der Waals surface area contributed by atoms with Crippen LogP contribution in [0.4, 0.5) is 0 Å². The smallest absolute Gasteiger partial charge is 0.166 e. The first kappa shape index (κ1) is 34.4. The van der Waals surface area contributed by atoms with Crippen molar-refractivity contribution in [2.24, 2.45) is 0 Å². The molecule has 4 aromatic heterocycles. The van der Waals surface area contributed by atoms with Crippen molar-refractivity contribution >= 4 is 76.5 Å². The Kier molecular flexibility index (Phi) is 7.70. The molecule has 0 N–H and O–H groups in total. The highest BCUT2D eigenvalue weighted by atomic mass is 16.3. The van der Waals surface area contributed by atoms with Gasteiger partial charge in [-0.25, -0.2) is 15.0 Å². The van der Waals surface area contributed by atoms with Crippen LogP contribution < -0.4 is 0 Å². The summed E-state index contributed by atoms with van der Waals surface area (Å²) in [5.74, 6) is 0.982. The molecule has 15 aromatic rings. The van der Waals surface area contributed by atoms with Gasteiger partial charge in [0.25, 0.3) is 0 Å². The van der Waals surface area contributed by atoms with Gasteiger partial charge in [0.15, 0.2) is 17.5 Å². The van der Waals surface area contributed by atoms with Gasteiger partial charge < -0.3 is 13.4 Å². The standard InChI is InChI=1S/C67H40N4O2/c1-2-22-47-41(16-1)17-13-27-48(47)42-18-11-20-45(38-42)65-68-66(70-67(69-65)56-26-5-9-34-60(56)71-58-32-7-3-23-51(58)52-24-4-8-33-59(52)71)46-21-12-19-43(39-46)49-28-15-31-55-57-40-44(36-37-62(57)73-64(49)55)50-29-14-30-54-53-25-6-10-35-61(53)72-63(50)54/h1-40H/i3D,4D,7D,23D,24D,32D,33D. The number of fused-ring (bicyclic) bond motifs is 10. The summed E-state index contributed by atoms with van der Waals surface area (Å²) in [7, 11) is 0. The van der Waals surface area contributed by atoms with E-state index in [0.717, 1.165) is 93.6 Å². The Balaban J connectivity index is 0.918. The maximum atomic E-state index is 9.28. The summed E-state index contributed by atoms with van der Waals surface area (Å²) < 4.78 is 77.5. The predicted molar refractivity (Wildman–Crippen MR) is 299 cm³/mol. The Bertz CT molecular complexity index is 5140. The lowest BCUT2D eigenvalue weighted by molar-refractivity contribution is 0.669. The molecule has 0 radical (unpaired) electrons. The molecule has 6 heteroatoms. The van der Waals surface area contributed by atoms with Crippen molar-refractivity contribution in [1.29, 1.82) is 0 Å². The third-order valence-electron chi connectivity index (χ3n) is 14.0. The van der Waals surface area contributed by atoms with Crippen LogP contribution in [-0.2, 0) is 0 Å². The van der Waals surface area contributed by atoms with Crippen LogP contribution in [0, 0.1) is 0 Å². The Morgan fingerprint density at radius 1 is 0.329 bits per heavy atom. The fourth-order valence-corrected chi connectivity index (χ4v) is 10.6. The molecule has 340 valence electrons. The number of aromatic nitrogens is 4. The fraction of sp³-hybridized carbons (Fsp3) is 0. The topological polar surface area (TPSA) is 69.9 Å². The molecule has 0 atom stereocenters. The number of hydrogen-bond acceptors (Lipinski definition) is 5. The lowest BCUT2D eigenvalue weighted by atomic mass is 9.97. The van der Waals surface area contributed by atoms with Crippen LogP contribution in [-0.4, -0.2) is 19.5 Å². The molecule has 0 saturated carbocycles. The SMILES string of the molecule is [2H]c1cc([2H])c2c(c1[2H])c1c([2H])c([2H])c([2H])c([2H])c1n2-c1ccccc1-c1nc(-c2cccc(-c3cccc4ccccc34)c2)nc(-c2cccc(-c3cccc4c3oc3ccc(-c5cccc6c5oc5ccccc56)cc34)c2)n1. The lowest BCUT2D eigenvalue weighted by Crippen LogP contribution is -2.03. The molecule has 4 heterocycles.